The lowest BCUT2D eigenvalue weighted by atomic mass is 9.70. The fraction of sp³-hybridized carbons (Fsp3) is 0.464. The van der Waals surface area contributed by atoms with E-state index >= 15 is 0 Å². The molecule has 2 bridgehead atoms. The predicted octanol–water partition coefficient (Wildman–Crippen LogP) is 5.81. The molecule has 0 amide bonds. The van der Waals surface area contributed by atoms with Crippen molar-refractivity contribution in [3.63, 3.8) is 0 Å². The number of benzene rings is 2. The monoisotopic (exact) mass is 481 g/mol. The van der Waals surface area contributed by atoms with Crippen molar-refractivity contribution < 1.29 is 17.9 Å². The summed E-state index contributed by atoms with van der Waals surface area (Å²) in [5.41, 5.74) is 2.04. The van der Waals surface area contributed by atoms with E-state index in [2.05, 4.69) is 20.8 Å². The second kappa shape index (κ2) is 8.56. The van der Waals surface area contributed by atoms with Gasteiger partial charge in [-0.05, 0) is 80.3 Å². The van der Waals surface area contributed by atoms with Gasteiger partial charge in [0.2, 0.25) is 0 Å². The molecule has 0 heterocycles. The predicted molar refractivity (Wildman–Crippen MR) is 135 cm³/mol. The highest BCUT2D eigenvalue weighted by atomic mass is 32.2. The van der Waals surface area contributed by atoms with Crippen LogP contribution in [0.25, 0.3) is 0 Å². The zero-order chi connectivity index (χ0) is 24.9. The maximum atomic E-state index is 14.3. The number of fused-ring (bicyclic) bond motifs is 2. The summed E-state index contributed by atoms with van der Waals surface area (Å²) in [5.74, 6) is -0.389. The lowest BCUT2D eigenvalue weighted by Crippen LogP contribution is -2.53. The van der Waals surface area contributed by atoms with E-state index in [9.17, 15) is 13.2 Å². The number of carbonyl (C=O) groups is 1. The van der Waals surface area contributed by atoms with Gasteiger partial charge in [0.15, 0.2) is 0 Å². The maximum absolute atomic E-state index is 14.3. The third-order valence-electron chi connectivity index (χ3n) is 8.30. The third kappa shape index (κ3) is 3.76. The summed E-state index contributed by atoms with van der Waals surface area (Å²) in [6, 6.07) is 13.9. The van der Waals surface area contributed by atoms with Crippen molar-refractivity contribution in [3.05, 3.63) is 71.8 Å². The average molecular weight is 482 g/mol. The number of hydrogen-bond donors (Lipinski definition) is 0. The van der Waals surface area contributed by atoms with E-state index in [0.29, 0.717) is 5.69 Å². The van der Waals surface area contributed by atoms with Gasteiger partial charge in [-0.1, -0.05) is 51.1 Å². The number of carbonyl (C=O) groups excluding carboxylic acids is 1. The van der Waals surface area contributed by atoms with Crippen molar-refractivity contribution in [2.24, 2.45) is 16.7 Å². The van der Waals surface area contributed by atoms with E-state index < -0.39 is 28.1 Å². The van der Waals surface area contributed by atoms with Crippen LogP contribution in [0.1, 0.15) is 51.7 Å². The first kappa shape index (κ1) is 24.5. The van der Waals surface area contributed by atoms with Gasteiger partial charge in [0.25, 0.3) is 10.0 Å². The largest absolute Gasteiger partial charge is 0.456 e. The second-order valence-corrected chi connectivity index (χ2v) is 12.4. The number of ether oxygens (including phenoxy) is 1. The summed E-state index contributed by atoms with van der Waals surface area (Å²) >= 11 is 0. The third-order valence-corrected chi connectivity index (χ3v) is 10.1. The Kier molecular flexibility index (Phi) is 6.17. The van der Waals surface area contributed by atoms with Gasteiger partial charge in [0, 0.05) is 11.5 Å². The summed E-state index contributed by atoms with van der Waals surface area (Å²) in [7, 11) is -3.93. The molecular weight excluding hydrogens is 446 g/mol. The van der Waals surface area contributed by atoms with Crippen LogP contribution in [0.3, 0.4) is 0 Å². The number of anilines is 1. The minimum atomic E-state index is -3.93. The van der Waals surface area contributed by atoms with Gasteiger partial charge >= 0.3 is 5.97 Å². The molecule has 0 spiro atoms. The molecule has 0 aliphatic heterocycles. The molecule has 2 aliphatic rings. The second-order valence-electron chi connectivity index (χ2n) is 10.6. The Bertz CT molecular complexity index is 1200. The van der Waals surface area contributed by atoms with E-state index in [1.807, 2.05) is 38.1 Å². The molecule has 2 aromatic rings. The van der Waals surface area contributed by atoms with Crippen LogP contribution in [0.5, 0.6) is 0 Å². The minimum Gasteiger partial charge on any atom is -0.456 e. The number of esters is 1. The standard InChI is InChI=1S/C28H35NO4S/c1-7-11-24(30)33-26-25(23-14-15-28(26,6)27(23,4)5)29(21-17-19(2)16-20(3)18-21)34(31,32)22-12-9-8-10-13-22/h7-13,16-18,23,25-26H,14-15H2,1-6H3/b11-7+/t23-,25-,26-,28+/m1/s1. The molecular formula is C28H35NO4S. The van der Waals surface area contributed by atoms with E-state index in [4.69, 9.17) is 4.74 Å². The molecule has 2 saturated carbocycles. The minimum absolute atomic E-state index is 0.0419. The molecule has 2 aliphatic carbocycles. The summed E-state index contributed by atoms with van der Waals surface area (Å²) in [6.45, 7) is 12.2. The van der Waals surface area contributed by atoms with E-state index in [1.165, 1.54) is 6.08 Å². The highest BCUT2D eigenvalue weighted by Crippen LogP contribution is 2.67. The normalized spacial score (nSPS) is 27.8. The van der Waals surface area contributed by atoms with Crippen molar-refractivity contribution in [2.45, 2.75) is 71.4 Å². The van der Waals surface area contributed by atoms with Gasteiger partial charge in [0.05, 0.1) is 16.6 Å². The Morgan fingerprint density at radius 2 is 1.68 bits per heavy atom. The molecule has 0 saturated heterocycles. The molecule has 0 unspecified atom stereocenters. The van der Waals surface area contributed by atoms with Crippen LogP contribution in [-0.2, 0) is 19.6 Å². The van der Waals surface area contributed by atoms with Crippen LogP contribution >= 0.6 is 0 Å². The number of allylic oxidation sites excluding steroid dienone is 1. The average Bonchev–Trinajstić information content (AvgIpc) is 3.07. The van der Waals surface area contributed by atoms with Gasteiger partial charge in [-0.2, -0.15) is 0 Å². The van der Waals surface area contributed by atoms with Crippen LogP contribution in [0.4, 0.5) is 5.69 Å². The van der Waals surface area contributed by atoms with E-state index in [1.54, 1.807) is 41.6 Å². The molecule has 2 aromatic carbocycles. The highest BCUT2D eigenvalue weighted by molar-refractivity contribution is 7.92. The maximum Gasteiger partial charge on any atom is 0.330 e. The Hall–Kier alpha value is -2.60. The van der Waals surface area contributed by atoms with E-state index in [-0.39, 0.29) is 21.6 Å². The lowest BCUT2D eigenvalue weighted by molar-refractivity contribution is -0.151. The van der Waals surface area contributed by atoms with Crippen LogP contribution in [0.15, 0.2) is 65.6 Å². The first-order valence-corrected chi connectivity index (χ1v) is 13.4. The quantitative estimate of drug-likeness (QED) is 0.386. The zero-order valence-electron chi connectivity index (χ0n) is 20.9. The van der Waals surface area contributed by atoms with Crippen molar-refractivity contribution in [3.8, 4) is 0 Å². The van der Waals surface area contributed by atoms with Gasteiger partial charge in [-0.25, -0.2) is 13.2 Å². The number of nitrogens with zero attached hydrogens (tertiary/aromatic N) is 1. The lowest BCUT2D eigenvalue weighted by Gasteiger charge is -2.42. The van der Waals surface area contributed by atoms with Gasteiger partial charge < -0.3 is 4.74 Å². The molecule has 6 heteroatoms. The highest BCUT2D eigenvalue weighted by Gasteiger charge is 2.70. The van der Waals surface area contributed by atoms with Crippen molar-refractivity contribution in [2.75, 3.05) is 4.31 Å². The molecule has 5 nitrogen and oxygen atoms in total. The number of aryl methyl sites for hydroxylation is 2. The topological polar surface area (TPSA) is 63.7 Å². The van der Waals surface area contributed by atoms with Crippen LogP contribution in [0.2, 0.25) is 0 Å². The van der Waals surface area contributed by atoms with Crippen LogP contribution in [0, 0.1) is 30.6 Å². The Labute approximate surface area is 203 Å². The molecule has 34 heavy (non-hydrogen) atoms. The summed E-state index contributed by atoms with van der Waals surface area (Å²) in [5, 5.41) is 0. The van der Waals surface area contributed by atoms with E-state index in [0.717, 1.165) is 24.0 Å². The van der Waals surface area contributed by atoms with Gasteiger partial charge in [-0.3, -0.25) is 4.31 Å². The smallest absolute Gasteiger partial charge is 0.330 e. The number of rotatable bonds is 6. The first-order chi connectivity index (χ1) is 15.9. The molecule has 0 N–H and O–H groups in total. The summed E-state index contributed by atoms with van der Waals surface area (Å²) < 4.78 is 36.2. The Morgan fingerprint density at radius 1 is 1.06 bits per heavy atom. The van der Waals surface area contributed by atoms with Crippen molar-refractivity contribution in [1.29, 1.82) is 0 Å². The summed E-state index contributed by atoms with van der Waals surface area (Å²) in [6.07, 6.45) is 4.27. The molecule has 0 radical (unpaired) electrons. The molecule has 2 fully saturated rings. The molecule has 4 rings (SSSR count). The Balaban J connectivity index is 1.95. The fourth-order valence-electron chi connectivity index (χ4n) is 6.30. The molecule has 4 atom stereocenters. The van der Waals surface area contributed by atoms with Crippen molar-refractivity contribution in [1.82, 2.24) is 0 Å². The first-order valence-electron chi connectivity index (χ1n) is 11.9. The number of sulfonamides is 1. The molecule has 0 aromatic heterocycles. The van der Waals surface area contributed by atoms with Gasteiger partial charge in [0.1, 0.15) is 6.10 Å². The van der Waals surface area contributed by atoms with Crippen molar-refractivity contribution >= 4 is 21.7 Å². The zero-order valence-corrected chi connectivity index (χ0v) is 21.7. The number of hydrogen-bond acceptors (Lipinski definition) is 4. The van der Waals surface area contributed by atoms with Gasteiger partial charge in [-0.15, -0.1) is 0 Å². The SMILES string of the molecule is C/C=C/C(=O)O[C@@H]1[C@H](N(c2cc(C)cc(C)c2)S(=O)(=O)c2ccccc2)[C@H]2CC[C@]1(C)C2(C)C. The van der Waals surface area contributed by atoms with Crippen LogP contribution < -0.4 is 4.31 Å². The summed E-state index contributed by atoms with van der Waals surface area (Å²) in [4.78, 5) is 12.9. The van der Waals surface area contributed by atoms with Crippen LogP contribution in [-0.4, -0.2) is 26.5 Å². The fourth-order valence-corrected chi connectivity index (χ4v) is 7.99. The molecule has 182 valence electrons. The Morgan fingerprint density at radius 3 is 2.26 bits per heavy atom.